The van der Waals surface area contributed by atoms with Gasteiger partial charge in [0, 0.05) is 327 Å². The summed E-state index contributed by atoms with van der Waals surface area (Å²) < 4.78 is 0. The number of nitrogens with one attached hydrogen (secondary N) is 9. The van der Waals surface area contributed by atoms with Gasteiger partial charge in [-0.2, -0.15) is 0 Å². The molecule has 0 aliphatic carbocycles. The number of rotatable bonds is 71. The van der Waals surface area contributed by atoms with Crippen molar-refractivity contribution >= 4 is 0 Å². The molecule has 0 rings (SSSR count). The number of nitrogens with zero attached hydrogens (tertiary/aromatic N) is 8. The monoisotopic (exact) mass is 1190 g/mol. The molecule has 0 saturated heterocycles. The zero-order chi connectivity index (χ0) is 60.7. The zero-order valence-corrected chi connectivity index (χ0v) is 53.6. The molecule has 0 aromatic heterocycles. The largest absolute Gasteiger partial charge is 0.329 e. The van der Waals surface area contributed by atoms with Crippen LogP contribution in [0, 0.1) is 0 Å². The third kappa shape index (κ3) is 54.8. The Labute approximate surface area is 508 Å². The number of unbranched alkanes of at least 4 members (excludes halogenated alkanes) is 2. The molecule has 1 atom stereocenters. The van der Waals surface area contributed by atoms with Crippen LogP contribution in [0.2, 0.25) is 0 Å². The molecule has 27 nitrogen and oxygen atoms in total. The van der Waals surface area contributed by atoms with Crippen molar-refractivity contribution < 1.29 is 0 Å². The molecule has 500 valence electrons. The van der Waals surface area contributed by atoms with Crippen molar-refractivity contribution in [2.75, 3.05) is 334 Å². The maximum atomic E-state index is 6.17. The van der Waals surface area contributed by atoms with Gasteiger partial charge in [-0.3, -0.25) is 34.3 Å². The lowest BCUT2D eigenvalue weighted by atomic mass is 10.2. The first-order chi connectivity index (χ1) is 40.8. The third-order valence-corrected chi connectivity index (χ3v) is 14.9. The standard InChI is InChI=1S/C56H141N27/c1-56(75-20-9-61)55-83(37-14-66)54-53-82(42-26-70-19-8-60)52-51-81(50-49-80(43-29-71-22-21-68-17-6-58)48-46-78(35-12-64)36-13-65)44-31-74-30-41-79(40-28-73-24-23-72-27-39-77(33-10-62)34-11-63)47-45-76(38-25-69-18-7-59)32-4-2-3-15-67-16-5-57/h56,67-75H,2-55,57-66H2,1H3. The van der Waals surface area contributed by atoms with Crippen LogP contribution in [0.1, 0.15) is 26.2 Å². The molecule has 0 bridgehead atoms. The fourth-order valence-corrected chi connectivity index (χ4v) is 9.94. The van der Waals surface area contributed by atoms with Gasteiger partial charge in [-0.15, -0.1) is 0 Å². The molecule has 0 aliphatic heterocycles. The lowest BCUT2D eigenvalue weighted by Crippen LogP contribution is -2.48. The van der Waals surface area contributed by atoms with E-state index in [0.29, 0.717) is 71.5 Å². The minimum Gasteiger partial charge on any atom is -0.329 e. The van der Waals surface area contributed by atoms with Crippen molar-refractivity contribution in [3.8, 4) is 0 Å². The normalized spacial score (nSPS) is 12.8. The van der Waals surface area contributed by atoms with E-state index in [1.165, 1.54) is 19.3 Å². The first-order valence-electron chi connectivity index (χ1n) is 33.0. The minimum atomic E-state index is 0.336. The maximum absolute atomic E-state index is 6.17. The van der Waals surface area contributed by atoms with Crippen LogP contribution in [0.15, 0.2) is 0 Å². The van der Waals surface area contributed by atoms with Crippen LogP contribution in [0.5, 0.6) is 0 Å². The van der Waals surface area contributed by atoms with Crippen molar-refractivity contribution in [3.63, 3.8) is 0 Å². The van der Waals surface area contributed by atoms with Gasteiger partial charge in [-0.1, -0.05) is 6.42 Å². The molecule has 0 fully saturated rings. The highest BCUT2D eigenvalue weighted by molar-refractivity contribution is 4.76. The summed E-state index contributed by atoms with van der Waals surface area (Å²) >= 11 is 0. The molecule has 0 radical (unpaired) electrons. The quantitative estimate of drug-likeness (QED) is 0.0252. The van der Waals surface area contributed by atoms with Crippen LogP contribution in [0.25, 0.3) is 0 Å². The average molecular weight is 1190 g/mol. The molecular weight excluding hydrogens is 1050 g/mol. The van der Waals surface area contributed by atoms with Crippen LogP contribution >= 0.6 is 0 Å². The number of hydrogen-bond acceptors (Lipinski definition) is 27. The zero-order valence-electron chi connectivity index (χ0n) is 53.6. The highest BCUT2D eigenvalue weighted by Gasteiger charge is 2.17. The van der Waals surface area contributed by atoms with E-state index in [9.17, 15) is 0 Å². The summed E-state index contributed by atoms with van der Waals surface area (Å²) in [4.78, 5) is 20.5. The van der Waals surface area contributed by atoms with Crippen LogP contribution in [-0.2, 0) is 0 Å². The first kappa shape index (κ1) is 81.9. The lowest BCUT2D eigenvalue weighted by molar-refractivity contribution is 0.152. The smallest absolute Gasteiger partial charge is 0.0167 e. The topological polar surface area (TPSA) is 394 Å². The maximum Gasteiger partial charge on any atom is 0.0167 e. The molecule has 0 amide bonds. The molecule has 0 heterocycles. The predicted molar refractivity (Wildman–Crippen MR) is 356 cm³/mol. The van der Waals surface area contributed by atoms with Crippen LogP contribution in [-0.4, -0.2) is 379 Å². The minimum absolute atomic E-state index is 0.336. The van der Waals surface area contributed by atoms with Crippen molar-refractivity contribution in [1.29, 1.82) is 0 Å². The summed E-state index contributed by atoms with van der Waals surface area (Å²) in [6.45, 7) is 47.0. The Morgan fingerprint density at radius 3 is 0.783 bits per heavy atom. The van der Waals surface area contributed by atoms with Gasteiger partial charge in [0.1, 0.15) is 0 Å². The number of nitrogens with two attached hydrogens (primary N) is 10. The van der Waals surface area contributed by atoms with Gasteiger partial charge in [-0.25, -0.2) is 0 Å². The fourth-order valence-electron chi connectivity index (χ4n) is 9.94. The van der Waals surface area contributed by atoms with Gasteiger partial charge in [-0.05, 0) is 32.9 Å². The molecule has 0 aromatic rings. The fraction of sp³-hybridized carbons (Fsp3) is 1.00. The van der Waals surface area contributed by atoms with E-state index in [1.54, 1.807) is 0 Å². The first-order valence-corrected chi connectivity index (χ1v) is 33.0. The molecule has 0 aliphatic rings. The second kappa shape index (κ2) is 65.4. The Morgan fingerprint density at radius 2 is 0.446 bits per heavy atom. The van der Waals surface area contributed by atoms with E-state index in [0.717, 1.165) is 268 Å². The molecule has 1 unspecified atom stereocenters. The van der Waals surface area contributed by atoms with Crippen LogP contribution in [0.4, 0.5) is 0 Å². The third-order valence-electron chi connectivity index (χ3n) is 14.9. The van der Waals surface area contributed by atoms with E-state index in [2.05, 4.69) is 94.0 Å². The SMILES string of the molecule is CC(CN(CCN)CCN(CCNCCN)CCN(CCNCCN(CCNCCNCCN(CCN)CCN)CCN(CCCCCNCCN)CCNCCN)CCN(CCNCCNCCN)CCN(CCN)CCN)NCCN. The van der Waals surface area contributed by atoms with E-state index in [-0.39, 0.29) is 0 Å². The summed E-state index contributed by atoms with van der Waals surface area (Å²) in [5.74, 6) is 0. The van der Waals surface area contributed by atoms with E-state index in [4.69, 9.17) is 57.3 Å². The van der Waals surface area contributed by atoms with E-state index >= 15 is 0 Å². The van der Waals surface area contributed by atoms with Crippen LogP contribution < -0.4 is 105 Å². The van der Waals surface area contributed by atoms with Gasteiger partial charge < -0.3 is 110 Å². The predicted octanol–water partition coefficient (Wildman–Crippen LogP) is -9.15. The Hall–Kier alpha value is -1.08. The molecular formula is C56H141N27. The van der Waals surface area contributed by atoms with Crippen molar-refractivity contribution in [2.24, 2.45) is 57.3 Å². The lowest BCUT2D eigenvalue weighted by Gasteiger charge is -2.33. The highest BCUT2D eigenvalue weighted by atomic mass is 15.3. The summed E-state index contributed by atoms with van der Waals surface area (Å²) in [6.07, 6.45) is 3.57. The molecule has 83 heavy (non-hydrogen) atoms. The summed E-state index contributed by atoms with van der Waals surface area (Å²) in [7, 11) is 0. The van der Waals surface area contributed by atoms with Gasteiger partial charge in [0.2, 0.25) is 0 Å². The summed E-state index contributed by atoms with van der Waals surface area (Å²) in [6, 6.07) is 0.336. The van der Waals surface area contributed by atoms with Gasteiger partial charge in [0.25, 0.3) is 0 Å². The molecule has 29 N–H and O–H groups in total. The van der Waals surface area contributed by atoms with E-state index < -0.39 is 0 Å². The highest BCUT2D eigenvalue weighted by Crippen LogP contribution is 2.02. The average Bonchev–Trinajstić information content (AvgIpc) is 3.50. The second-order valence-electron chi connectivity index (χ2n) is 22.0. The Balaban J connectivity index is 6.33. The molecule has 0 saturated carbocycles. The number of hydrogen-bond donors (Lipinski definition) is 19. The Kier molecular flexibility index (Phi) is 64.5. The molecule has 27 heteroatoms. The Morgan fingerprint density at radius 1 is 0.205 bits per heavy atom. The summed E-state index contributed by atoms with van der Waals surface area (Å²) in [5.41, 5.74) is 59.0. The van der Waals surface area contributed by atoms with Gasteiger partial charge >= 0.3 is 0 Å². The summed E-state index contributed by atoms with van der Waals surface area (Å²) in [5, 5.41) is 32.4. The van der Waals surface area contributed by atoms with Gasteiger partial charge in [0.05, 0.1) is 0 Å². The second-order valence-corrected chi connectivity index (χ2v) is 22.0. The van der Waals surface area contributed by atoms with Crippen molar-refractivity contribution in [3.05, 3.63) is 0 Å². The Bertz CT molecular complexity index is 1230. The van der Waals surface area contributed by atoms with E-state index in [1.807, 2.05) is 0 Å². The van der Waals surface area contributed by atoms with Crippen molar-refractivity contribution in [2.45, 2.75) is 32.2 Å². The molecule has 0 spiro atoms. The van der Waals surface area contributed by atoms with Crippen molar-refractivity contribution in [1.82, 2.24) is 87.1 Å². The van der Waals surface area contributed by atoms with Crippen LogP contribution in [0.3, 0.4) is 0 Å². The molecule has 0 aromatic carbocycles. The van der Waals surface area contributed by atoms with Gasteiger partial charge in [0.15, 0.2) is 0 Å².